The molecule has 0 aromatic heterocycles. The van der Waals surface area contributed by atoms with Gasteiger partial charge in [0.25, 0.3) is 0 Å². The highest BCUT2D eigenvalue weighted by molar-refractivity contribution is 5.25. The monoisotopic (exact) mass is 290 g/mol. The maximum absolute atomic E-state index is 6.07. The van der Waals surface area contributed by atoms with Gasteiger partial charge in [0.15, 0.2) is 0 Å². The van der Waals surface area contributed by atoms with E-state index in [1.807, 2.05) is 0 Å². The Kier molecular flexibility index (Phi) is 6.22. The number of methoxy groups -OCH3 is 1. The maximum Gasteiger partial charge on any atom is 0.0713 e. The zero-order chi connectivity index (χ0) is 15.2. The fraction of sp³-hybridized carbons (Fsp3) is 0.667. The molecule has 0 aliphatic heterocycles. The van der Waals surface area contributed by atoms with Crippen LogP contribution in [0.3, 0.4) is 0 Å². The molecule has 1 saturated carbocycles. The highest BCUT2D eigenvalue weighted by Gasteiger charge is 2.26. The molecule has 1 fully saturated rings. The van der Waals surface area contributed by atoms with E-state index in [2.05, 4.69) is 43.1 Å². The minimum Gasteiger partial charge on any atom is -0.380 e. The second-order valence-electron chi connectivity index (χ2n) is 6.51. The van der Waals surface area contributed by atoms with Gasteiger partial charge in [-0.05, 0) is 49.8 Å². The van der Waals surface area contributed by atoms with Gasteiger partial charge in [-0.25, -0.2) is 0 Å². The van der Waals surface area contributed by atoms with E-state index >= 15 is 0 Å². The number of likely N-dealkylation sites (N-methyl/N-ethyl adjacent to an activating group) is 1. The Morgan fingerprint density at radius 2 is 1.81 bits per heavy atom. The highest BCUT2D eigenvalue weighted by atomic mass is 16.5. The number of nitrogens with two attached hydrogens (primary N) is 1. The van der Waals surface area contributed by atoms with E-state index < -0.39 is 0 Å². The minimum atomic E-state index is 0.319. The second-order valence-corrected chi connectivity index (χ2v) is 6.51. The van der Waals surface area contributed by atoms with E-state index in [-0.39, 0.29) is 0 Å². The molecule has 118 valence electrons. The smallest absolute Gasteiger partial charge is 0.0713 e. The van der Waals surface area contributed by atoms with Gasteiger partial charge < -0.3 is 10.5 Å². The predicted octanol–water partition coefficient (Wildman–Crippen LogP) is 3.34. The van der Waals surface area contributed by atoms with E-state index in [4.69, 9.17) is 10.5 Å². The van der Waals surface area contributed by atoms with Crippen molar-refractivity contribution in [2.75, 3.05) is 20.7 Å². The van der Waals surface area contributed by atoms with Crippen LogP contribution >= 0.6 is 0 Å². The summed E-state index contributed by atoms with van der Waals surface area (Å²) in [6, 6.07) is 9.70. The summed E-state index contributed by atoms with van der Waals surface area (Å²) in [5.74, 6) is 0.888. The van der Waals surface area contributed by atoms with Crippen LogP contribution in [-0.4, -0.2) is 31.6 Å². The van der Waals surface area contributed by atoms with Crippen LogP contribution in [-0.2, 0) is 11.3 Å². The summed E-state index contributed by atoms with van der Waals surface area (Å²) < 4.78 is 5.17. The molecule has 21 heavy (non-hydrogen) atoms. The molecule has 2 rings (SSSR count). The molecule has 1 aliphatic rings. The lowest BCUT2D eigenvalue weighted by molar-refractivity contribution is 0.126. The molecule has 0 saturated heterocycles. The van der Waals surface area contributed by atoms with Gasteiger partial charge in [0.1, 0.15) is 0 Å². The summed E-state index contributed by atoms with van der Waals surface area (Å²) in [4.78, 5) is 2.50. The number of benzene rings is 1. The SMILES string of the molecule is COCc1ccc(C(CN)N(C)C2CCC(C)CC2)cc1. The van der Waals surface area contributed by atoms with Crippen LogP contribution in [0.25, 0.3) is 0 Å². The Morgan fingerprint density at radius 3 is 2.33 bits per heavy atom. The Hall–Kier alpha value is -0.900. The fourth-order valence-corrected chi connectivity index (χ4v) is 3.44. The largest absolute Gasteiger partial charge is 0.380 e. The first kappa shape index (κ1) is 16.5. The number of nitrogens with zero attached hydrogens (tertiary/aromatic N) is 1. The van der Waals surface area contributed by atoms with Crippen molar-refractivity contribution in [3.05, 3.63) is 35.4 Å². The van der Waals surface area contributed by atoms with Crippen molar-refractivity contribution in [2.24, 2.45) is 11.7 Å². The topological polar surface area (TPSA) is 38.5 Å². The van der Waals surface area contributed by atoms with E-state index in [1.165, 1.54) is 36.8 Å². The molecular formula is C18H30N2O. The van der Waals surface area contributed by atoms with Gasteiger partial charge in [-0.3, -0.25) is 4.90 Å². The lowest BCUT2D eigenvalue weighted by Crippen LogP contribution is -2.40. The Labute approximate surface area is 129 Å². The summed E-state index contributed by atoms with van der Waals surface area (Å²) in [6.45, 7) is 3.71. The van der Waals surface area contributed by atoms with Crippen molar-refractivity contribution in [1.29, 1.82) is 0 Å². The number of rotatable bonds is 6. The summed E-state index contributed by atoms with van der Waals surface area (Å²) in [5.41, 5.74) is 8.60. The zero-order valence-corrected chi connectivity index (χ0v) is 13.7. The molecule has 1 atom stereocenters. The zero-order valence-electron chi connectivity index (χ0n) is 13.7. The first-order chi connectivity index (χ1) is 10.2. The first-order valence-electron chi connectivity index (χ1n) is 8.15. The van der Waals surface area contributed by atoms with Crippen LogP contribution in [0.15, 0.2) is 24.3 Å². The normalized spacial score (nSPS) is 24.2. The van der Waals surface area contributed by atoms with Crippen molar-refractivity contribution in [2.45, 2.75) is 51.3 Å². The number of hydrogen-bond donors (Lipinski definition) is 1. The molecule has 1 unspecified atom stereocenters. The summed E-state index contributed by atoms with van der Waals surface area (Å²) in [5, 5.41) is 0. The first-order valence-corrected chi connectivity index (χ1v) is 8.15. The van der Waals surface area contributed by atoms with Crippen molar-refractivity contribution in [1.82, 2.24) is 4.90 Å². The van der Waals surface area contributed by atoms with Crippen LogP contribution < -0.4 is 5.73 Å². The van der Waals surface area contributed by atoms with Gasteiger partial charge in [0, 0.05) is 25.7 Å². The third-order valence-corrected chi connectivity index (χ3v) is 4.95. The van der Waals surface area contributed by atoms with Gasteiger partial charge >= 0.3 is 0 Å². The Bertz CT molecular complexity index is 410. The summed E-state index contributed by atoms with van der Waals surface area (Å²) in [6.07, 6.45) is 5.30. The van der Waals surface area contributed by atoms with E-state index in [0.29, 0.717) is 25.2 Å². The molecule has 2 N–H and O–H groups in total. The van der Waals surface area contributed by atoms with Gasteiger partial charge in [0.05, 0.1) is 6.61 Å². The van der Waals surface area contributed by atoms with E-state index in [1.54, 1.807) is 7.11 Å². The standard InChI is InChI=1S/C18H30N2O/c1-14-4-10-17(11-5-14)20(2)18(12-19)16-8-6-15(7-9-16)13-21-3/h6-9,14,17-18H,4-5,10-13,19H2,1-3H3. The highest BCUT2D eigenvalue weighted by Crippen LogP contribution is 2.31. The van der Waals surface area contributed by atoms with Crippen molar-refractivity contribution >= 4 is 0 Å². The quantitative estimate of drug-likeness (QED) is 0.873. The van der Waals surface area contributed by atoms with Crippen LogP contribution in [0.1, 0.15) is 49.8 Å². The summed E-state index contributed by atoms with van der Waals surface area (Å²) >= 11 is 0. The van der Waals surface area contributed by atoms with Gasteiger partial charge in [-0.2, -0.15) is 0 Å². The molecule has 1 aromatic rings. The number of hydrogen-bond acceptors (Lipinski definition) is 3. The molecular weight excluding hydrogens is 260 g/mol. The Balaban J connectivity index is 2.03. The van der Waals surface area contributed by atoms with Crippen molar-refractivity contribution < 1.29 is 4.74 Å². The van der Waals surface area contributed by atoms with Crippen molar-refractivity contribution in [3.8, 4) is 0 Å². The van der Waals surface area contributed by atoms with Crippen LogP contribution in [0.4, 0.5) is 0 Å². The lowest BCUT2D eigenvalue weighted by Gasteiger charge is -2.38. The Morgan fingerprint density at radius 1 is 1.19 bits per heavy atom. The lowest BCUT2D eigenvalue weighted by atomic mass is 9.86. The van der Waals surface area contributed by atoms with Gasteiger partial charge in [-0.1, -0.05) is 31.2 Å². The molecule has 3 heteroatoms. The molecule has 0 radical (unpaired) electrons. The van der Waals surface area contributed by atoms with Gasteiger partial charge in [0.2, 0.25) is 0 Å². The van der Waals surface area contributed by atoms with Crippen LogP contribution in [0.2, 0.25) is 0 Å². The maximum atomic E-state index is 6.07. The molecule has 0 bridgehead atoms. The van der Waals surface area contributed by atoms with E-state index in [9.17, 15) is 0 Å². The summed E-state index contributed by atoms with van der Waals surface area (Å²) in [7, 11) is 3.97. The predicted molar refractivity (Wildman–Crippen MR) is 88.1 cm³/mol. The molecule has 3 nitrogen and oxygen atoms in total. The molecule has 0 amide bonds. The van der Waals surface area contributed by atoms with Crippen LogP contribution in [0, 0.1) is 5.92 Å². The third-order valence-electron chi connectivity index (χ3n) is 4.95. The van der Waals surface area contributed by atoms with Crippen molar-refractivity contribution in [3.63, 3.8) is 0 Å². The fourth-order valence-electron chi connectivity index (χ4n) is 3.44. The molecule has 1 aliphatic carbocycles. The minimum absolute atomic E-state index is 0.319. The average molecular weight is 290 g/mol. The number of ether oxygens (including phenoxy) is 1. The van der Waals surface area contributed by atoms with Crippen LogP contribution in [0.5, 0.6) is 0 Å². The molecule has 0 heterocycles. The second kappa shape index (κ2) is 7.92. The molecule has 0 spiro atoms. The average Bonchev–Trinajstić information content (AvgIpc) is 2.50. The third kappa shape index (κ3) is 4.29. The van der Waals surface area contributed by atoms with Gasteiger partial charge in [-0.15, -0.1) is 0 Å². The molecule has 1 aromatic carbocycles. The van der Waals surface area contributed by atoms with E-state index in [0.717, 1.165) is 5.92 Å².